The predicted octanol–water partition coefficient (Wildman–Crippen LogP) is 3.61. The van der Waals surface area contributed by atoms with Gasteiger partial charge in [-0.2, -0.15) is 0 Å². The van der Waals surface area contributed by atoms with E-state index in [1.807, 2.05) is 33.0 Å². The van der Waals surface area contributed by atoms with Crippen molar-refractivity contribution in [2.75, 3.05) is 7.05 Å². The summed E-state index contributed by atoms with van der Waals surface area (Å²) in [4.78, 5) is 4.06. The third-order valence-electron chi connectivity index (χ3n) is 2.02. The lowest BCUT2D eigenvalue weighted by molar-refractivity contribution is 0.918. The lowest BCUT2D eigenvalue weighted by atomic mass is 10.3. The first-order valence-electron chi connectivity index (χ1n) is 5.53. The molecule has 2 N–H and O–H groups in total. The average Bonchev–Trinajstić information content (AvgIpc) is 2.37. The Bertz CT molecular complexity index is 415. The van der Waals surface area contributed by atoms with Gasteiger partial charge in [-0.1, -0.05) is 41.2 Å². The molecule has 18 heavy (non-hydrogen) atoms. The minimum Gasteiger partial charge on any atom is -0.390 e. The van der Waals surface area contributed by atoms with Gasteiger partial charge in [0.2, 0.25) is 0 Å². The maximum atomic E-state index is 4.06. The molecule has 0 unspecified atom stereocenters. The zero-order valence-corrected chi connectivity index (χ0v) is 12.7. The van der Waals surface area contributed by atoms with Gasteiger partial charge in [0.15, 0.2) is 0 Å². The number of allylic oxidation sites excluding steroid dienone is 6. The standard InChI is InChI=1S/C14H20BrN3/c1-6-8-17-10-11(3)18-14(12(4)16-5)9-13(15)7-2/h6-10,16,18H,2-3H2,1,4-5H3/b8-6-,13-9+,14-12-,17-10?. The molecule has 0 aliphatic carbocycles. The molecule has 3 nitrogen and oxygen atoms in total. The molecule has 0 saturated heterocycles. The van der Waals surface area contributed by atoms with Crippen molar-refractivity contribution < 1.29 is 0 Å². The van der Waals surface area contributed by atoms with Crippen LogP contribution in [0.3, 0.4) is 0 Å². The highest BCUT2D eigenvalue weighted by Gasteiger charge is 2.00. The second kappa shape index (κ2) is 9.48. The average molecular weight is 310 g/mol. The summed E-state index contributed by atoms with van der Waals surface area (Å²) < 4.78 is 0.887. The lowest BCUT2D eigenvalue weighted by Gasteiger charge is -2.11. The molecule has 0 aromatic carbocycles. The molecule has 0 radical (unpaired) electrons. The quantitative estimate of drug-likeness (QED) is 0.557. The van der Waals surface area contributed by atoms with Gasteiger partial charge < -0.3 is 10.6 Å². The van der Waals surface area contributed by atoms with Crippen molar-refractivity contribution in [3.63, 3.8) is 0 Å². The van der Waals surface area contributed by atoms with E-state index in [1.165, 1.54) is 0 Å². The van der Waals surface area contributed by atoms with Gasteiger partial charge in [0.1, 0.15) is 0 Å². The van der Waals surface area contributed by atoms with Crippen LogP contribution in [0, 0.1) is 0 Å². The van der Waals surface area contributed by atoms with Crippen LogP contribution in [0.1, 0.15) is 13.8 Å². The van der Waals surface area contributed by atoms with Crippen molar-refractivity contribution >= 4 is 22.1 Å². The summed E-state index contributed by atoms with van der Waals surface area (Å²) >= 11 is 3.40. The molecule has 0 spiro atoms. The monoisotopic (exact) mass is 309 g/mol. The van der Waals surface area contributed by atoms with Crippen LogP contribution in [0.25, 0.3) is 0 Å². The SMILES string of the molecule is C=C/C(Br)=C\C(NC(=C)C=N/C=C\C)=C(/C)NC. The first-order chi connectivity index (χ1) is 8.54. The maximum absolute atomic E-state index is 4.06. The number of hydrogen-bond acceptors (Lipinski definition) is 3. The Morgan fingerprint density at radius 1 is 1.39 bits per heavy atom. The van der Waals surface area contributed by atoms with Crippen LogP contribution in [0.2, 0.25) is 0 Å². The largest absolute Gasteiger partial charge is 0.390 e. The Morgan fingerprint density at radius 3 is 2.56 bits per heavy atom. The maximum Gasteiger partial charge on any atom is 0.0585 e. The molecule has 0 aromatic rings. The lowest BCUT2D eigenvalue weighted by Crippen LogP contribution is -2.17. The molecular formula is C14H20BrN3. The molecular weight excluding hydrogens is 290 g/mol. The van der Waals surface area contributed by atoms with E-state index in [-0.39, 0.29) is 0 Å². The molecule has 0 fully saturated rings. The summed E-state index contributed by atoms with van der Waals surface area (Å²) in [6.07, 6.45) is 8.87. The molecule has 0 aromatic heterocycles. The van der Waals surface area contributed by atoms with Crippen molar-refractivity contribution in [1.82, 2.24) is 10.6 Å². The van der Waals surface area contributed by atoms with E-state index in [9.17, 15) is 0 Å². The highest BCUT2D eigenvalue weighted by Crippen LogP contribution is 2.11. The normalized spacial score (nSPS) is 13.7. The van der Waals surface area contributed by atoms with Crippen LogP contribution in [0.5, 0.6) is 0 Å². The molecule has 98 valence electrons. The van der Waals surface area contributed by atoms with Gasteiger partial charge in [0.05, 0.1) is 5.70 Å². The van der Waals surface area contributed by atoms with Gasteiger partial charge in [-0.3, -0.25) is 4.99 Å². The van der Waals surface area contributed by atoms with Crippen molar-refractivity contribution in [2.24, 2.45) is 4.99 Å². The molecule has 0 saturated carbocycles. The number of nitrogens with one attached hydrogen (secondary N) is 2. The van der Waals surface area contributed by atoms with E-state index in [4.69, 9.17) is 0 Å². The number of hydrogen-bond donors (Lipinski definition) is 2. The summed E-state index contributed by atoms with van der Waals surface area (Å²) in [5.74, 6) is 0. The van der Waals surface area contributed by atoms with Gasteiger partial charge in [-0.15, -0.1) is 0 Å². The summed E-state index contributed by atoms with van der Waals surface area (Å²) in [6.45, 7) is 11.5. The van der Waals surface area contributed by atoms with Gasteiger partial charge >= 0.3 is 0 Å². The van der Waals surface area contributed by atoms with Gasteiger partial charge in [-0.05, 0) is 19.9 Å². The van der Waals surface area contributed by atoms with E-state index in [0.29, 0.717) is 5.70 Å². The minimum atomic E-state index is 0.707. The smallest absolute Gasteiger partial charge is 0.0585 e. The van der Waals surface area contributed by atoms with Gasteiger partial charge in [0, 0.05) is 35.3 Å². The third kappa shape index (κ3) is 6.91. The fraction of sp³-hybridized carbons (Fsp3) is 0.214. The Balaban J connectivity index is 4.94. The highest BCUT2D eigenvalue weighted by atomic mass is 79.9. The van der Waals surface area contributed by atoms with Crippen LogP contribution in [-0.4, -0.2) is 13.3 Å². The van der Waals surface area contributed by atoms with Crippen LogP contribution in [0.4, 0.5) is 0 Å². The molecule has 0 bridgehead atoms. The summed E-state index contributed by atoms with van der Waals surface area (Å²) in [6, 6.07) is 0. The molecule has 0 atom stereocenters. The van der Waals surface area contributed by atoms with Crippen LogP contribution in [-0.2, 0) is 0 Å². The van der Waals surface area contributed by atoms with Crippen molar-refractivity contribution in [3.8, 4) is 0 Å². The van der Waals surface area contributed by atoms with Crippen LogP contribution >= 0.6 is 15.9 Å². The zero-order chi connectivity index (χ0) is 14.0. The Hall–Kier alpha value is -1.55. The predicted molar refractivity (Wildman–Crippen MR) is 84.5 cm³/mol. The fourth-order valence-corrected chi connectivity index (χ4v) is 1.22. The molecule has 0 aliphatic rings. The van der Waals surface area contributed by atoms with Crippen molar-refractivity contribution in [2.45, 2.75) is 13.8 Å². The van der Waals surface area contributed by atoms with Gasteiger partial charge in [-0.25, -0.2) is 0 Å². The Kier molecular flexibility index (Phi) is 8.66. The summed E-state index contributed by atoms with van der Waals surface area (Å²) in [7, 11) is 1.86. The fourth-order valence-electron chi connectivity index (χ4n) is 0.994. The van der Waals surface area contributed by atoms with E-state index < -0.39 is 0 Å². The van der Waals surface area contributed by atoms with Crippen molar-refractivity contribution in [1.29, 1.82) is 0 Å². The van der Waals surface area contributed by atoms with Crippen LogP contribution in [0.15, 0.2) is 64.2 Å². The van der Waals surface area contributed by atoms with E-state index >= 15 is 0 Å². The molecule has 0 aliphatic heterocycles. The molecule has 0 amide bonds. The zero-order valence-electron chi connectivity index (χ0n) is 11.1. The summed E-state index contributed by atoms with van der Waals surface area (Å²) in [5, 5.41) is 6.26. The summed E-state index contributed by atoms with van der Waals surface area (Å²) in [5.41, 5.74) is 2.61. The number of rotatable bonds is 7. The Labute approximate surface area is 118 Å². The first kappa shape index (κ1) is 16.4. The van der Waals surface area contributed by atoms with E-state index in [0.717, 1.165) is 15.9 Å². The second-order valence-corrected chi connectivity index (χ2v) is 4.35. The number of halogens is 1. The first-order valence-corrected chi connectivity index (χ1v) is 6.33. The number of aliphatic imine (C=N–C) groups is 1. The minimum absolute atomic E-state index is 0.707. The molecule has 0 rings (SSSR count). The van der Waals surface area contributed by atoms with Gasteiger partial charge in [0.25, 0.3) is 0 Å². The van der Waals surface area contributed by atoms with E-state index in [2.05, 4.69) is 44.7 Å². The topological polar surface area (TPSA) is 36.4 Å². The molecule has 4 heteroatoms. The molecule has 0 heterocycles. The Morgan fingerprint density at radius 2 is 2.06 bits per heavy atom. The highest BCUT2D eigenvalue weighted by molar-refractivity contribution is 9.11. The van der Waals surface area contributed by atoms with E-state index in [1.54, 1.807) is 18.5 Å². The third-order valence-corrected chi connectivity index (χ3v) is 2.57. The van der Waals surface area contributed by atoms with Crippen molar-refractivity contribution in [3.05, 3.63) is 59.2 Å². The van der Waals surface area contributed by atoms with Crippen LogP contribution < -0.4 is 10.6 Å². The second-order valence-electron chi connectivity index (χ2n) is 3.43. The number of nitrogens with zero attached hydrogens (tertiary/aromatic N) is 1.